The number of rotatable bonds is 7. The fourth-order valence-electron chi connectivity index (χ4n) is 1.59. The average molecular weight is 242 g/mol. The van der Waals surface area contributed by atoms with Crippen LogP contribution in [0.4, 0.5) is 4.39 Å². The Balaban J connectivity index is 2.73. The monoisotopic (exact) mass is 242 g/mol. The minimum atomic E-state index is -0.330. The standard InChI is InChI=1S/C12H19FN2O2/c1-3-17-7-6-12(15-14)10-5-4-9(16-2)8-11(10)13/h4-5,8,12,15H,3,6-7,14H2,1-2H3. The molecule has 1 aromatic carbocycles. The van der Waals surface area contributed by atoms with Gasteiger partial charge in [0.25, 0.3) is 0 Å². The summed E-state index contributed by atoms with van der Waals surface area (Å²) in [6.45, 7) is 3.10. The lowest BCUT2D eigenvalue weighted by molar-refractivity contribution is 0.136. The molecule has 17 heavy (non-hydrogen) atoms. The van der Waals surface area contributed by atoms with Crippen LogP contribution in [0, 0.1) is 5.82 Å². The van der Waals surface area contributed by atoms with Gasteiger partial charge in [0.1, 0.15) is 11.6 Å². The molecule has 0 spiro atoms. The molecule has 0 saturated carbocycles. The Morgan fingerprint density at radius 1 is 1.47 bits per heavy atom. The third-order valence-corrected chi connectivity index (χ3v) is 2.54. The molecule has 0 bridgehead atoms. The van der Waals surface area contributed by atoms with Crippen molar-refractivity contribution in [1.29, 1.82) is 0 Å². The normalized spacial score (nSPS) is 12.5. The third kappa shape index (κ3) is 3.96. The van der Waals surface area contributed by atoms with Crippen LogP contribution in [0.2, 0.25) is 0 Å². The molecule has 0 aromatic heterocycles. The van der Waals surface area contributed by atoms with Gasteiger partial charge in [0.15, 0.2) is 0 Å². The summed E-state index contributed by atoms with van der Waals surface area (Å²) in [5, 5.41) is 0. The molecule has 5 heteroatoms. The number of nitrogens with one attached hydrogen (secondary N) is 1. The Morgan fingerprint density at radius 2 is 2.24 bits per heavy atom. The predicted octanol–water partition coefficient (Wildman–Crippen LogP) is 1.77. The first-order valence-electron chi connectivity index (χ1n) is 5.60. The van der Waals surface area contributed by atoms with E-state index in [1.165, 1.54) is 13.2 Å². The first-order chi connectivity index (χ1) is 8.22. The Kier molecular flexibility index (Phi) is 5.90. The molecule has 0 amide bonds. The van der Waals surface area contributed by atoms with Gasteiger partial charge in [0.05, 0.1) is 13.2 Å². The summed E-state index contributed by atoms with van der Waals surface area (Å²) in [6, 6.07) is 4.47. The zero-order chi connectivity index (χ0) is 12.7. The van der Waals surface area contributed by atoms with Crippen molar-refractivity contribution in [1.82, 2.24) is 5.43 Å². The summed E-state index contributed by atoms with van der Waals surface area (Å²) in [6.07, 6.45) is 0.619. The van der Waals surface area contributed by atoms with E-state index in [4.69, 9.17) is 15.3 Å². The summed E-state index contributed by atoms with van der Waals surface area (Å²) >= 11 is 0. The highest BCUT2D eigenvalue weighted by Crippen LogP contribution is 2.23. The van der Waals surface area contributed by atoms with E-state index >= 15 is 0 Å². The molecule has 1 unspecified atom stereocenters. The molecule has 0 aliphatic carbocycles. The third-order valence-electron chi connectivity index (χ3n) is 2.54. The molecular formula is C12H19FN2O2. The van der Waals surface area contributed by atoms with Gasteiger partial charge in [-0.3, -0.25) is 11.3 Å². The van der Waals surface area contributed by atoms with Crippen molar-refractivity contribution in [3.8, 4) is 5.75 Å². The number of hydrogen-bond acceptors (Lipinski definition) is 4. The van der Waals surface area contributed by atoms with Crippen molar-refractivity contribution in [3.05, 3.63) is 29.6 Å². The van der Waals surface area contributed by atoms with Gasteiger partial charge in [0.2, 0.25) is 0 Å². The lowest BCUT2D eigenvalue weighted by Gasteiger charge is -2.17. The average Bonchev–Trinajstić information content (AvgIpc) is 2.35. The second-order valence-corrected chi connectivity index (χ2v) is 3.59. The van der Waals surface area contributed by atoms with Gasteiger partial charge in [-0.25, -0.2) is 4.39 Å². The Bertz CT molecular complexity index is 347. The van der Waals surface area contributed by atoms with Gasteiger partial charge in [0, 0.05) is 24.8 Å². The van der Waals surface area contributed by atoms with E-state index < -0.39 is 0 Å². The van der Waals surface area contributed by atoms with Crippen LogP contribution >= 0.6 is 0 Å². The topological polar surface area (TPSA) is 56.5 Å². The molecule has 0 aliphatic rings. The Morgan fingerprint density at radius 3 is 2.76 bits per heavy atom. The van der Waals surface area contributed by atoms with Crippen LogP contribution in [0.1, 0.15) is 24.9 Å². The second-order valence-electron chi connectivity index (χ2n) is 3.59. The maximum atomic E-state index is 13.8. The molecule has 0 radical (unpaired) electrons. The van der Waals surface area contributed by atoms with Crippen LogP contribution in [-0.2, 0) is 4.74 Å². The van der Waals surface area contributed by atoms with Crippen molar-refractivity contribution in [2.24, 2.45) is 5.84 Å². The highest BCUT2D eigenvalue weighted by molar-refractivity contribution is 5.30. The van der Waals surface area contributed by atoms with Gasteiger partial charge in [-0.2, -0.15) is 0 Å². The van der Waals surface area contributed by atoms with E-state index in [0.29, 0.717) is 30.9 Å². The lowest BCUT2D eigenvalue weighted by atomic mass is 10.0. The lowest BCUT2D eigenvalue weighted by Crippen LogP contribution is -2.29. The summed E-state index contributed by atoms with van der Waals surface area (Å²) in [7, 11) is 1.50. The Labute approximate surface area is 101 Å². The second kappa shape index (κ2) is 7.21. The zero-order valence-electron chi connectivity index (χ0n) is 10.2. The van der Waals surface area contributed by atoms with E-state index in [9.17, 15) is 4.39 Å². The number of ether oxygens (including phenoxy) is 2. The number of nitrogens with two attached hydrogens (primary N) is 1. The maximum Gasteiger partial charge on any atom is 0.131 e. The van der Waals surface area contributed by atoms with Gasteiger partial charge < -0.3 is 9.47 Å². The van der Waals surface area contributed by atoms with Crippen LogP contribution in [0.15, 0.2) is 18.2 Å². The number of benzene rings is 1. The first-order valence-corrected chi connectivity index (χ1v) is 5.60. The summed E-state index contributed by atoms with van der Waals surface area (Å²) < 4.78 is 23.9. The van der Waals surface area contributed by atoms with Crippen molar-refractivity contribution < 1.29 is 13.9 Å². The fourth-order valence-corrected chi connectivity index (χ4v) is 1.59. The number of hydrogen-bond donors (Lipinski definition) is 2. The van der Waals surface area contributed by atoms with Crippen molar-refractivity contribution >= 4 is 0 Å². The number of methoxy groups -OCH3 is 1. The minimum absolute atomic E-state index is 0.257. The molecular weight excluding hydrogens is 223 g/mol. The van der Waals surface area contributed by atoms with E-state index in [1.54, 1.807) is 12.1 Å². The maximum absolute atomic E-state index is 13.8. The smallest absolute Gasteiger partial charge is 0.131 e. The highest BCUT2D eigenvalue weighted by atomic mass is 19.1. The zero-order valence-corrected chi connectivity index (χ0v) is 10.2. The Hall–Kier alpha value is -1.17. The SMILES string of the molecule is CCOCCC(NN)c1ccc(OC)cc1F. The van der Waals surface area contributed by atoms with E-state index in [2.05, 4.69) is 5.43 Å². The minimum Gasteiger partial charge on any atom is -0.497 e. The quantitative estimate of drug-likeness (QED) is 0.434. The van der Waals surface area contributed by atoms with Gasteiger partial charge >= 0.3 is 0 Å². The van der Waals surface area contributed by atoms with E-state index in [0.717, 1.165) is 0 Å². The van der Waals surface area contributed by atoms with Crippen LogP contribution in [0.5, 0.6) is 5.75 Å². The fraction of sp³-hybridized carbons (Fsp3) is 0.500. The summed E-state index contributed by atoms with van der Waals surface area (Å²) in [5.41, 5.74) is 3.12. The van der Waals surface area contributed by atoms with E-state index in [-0.39, 0.29) is 11.9 Å². The van der Waals surface area contributed by atoms with Crippen LogP contribution < -0.4 is 16.0 Å². The molecule has 3 N–H and O–H groups in total. The molecule has 0 aliphatic heterocycles. The van der Waals surface area contributed by atoms with Gasteiger partial charge in [-0.15, -0.1) is 0 Å². The summed E-state index contributed by atoms with van der Waals surface area (Å²) in [4.78, 5) is 0. The predicted molar refractivity (Wildman–Crippen MR) is 64.1 cm³/mol. The van der Waals surface area contributed by atoms with Crippen LogP contribution in [0.3, 0.4) is 0 Å². The van der Waals surface area contributed by atoms with Gasteiger partial charge in [-0.05, 0) is 19.4 Å². The number of hydrazine groups is 1. The molecule has 0 fully saturated rings. The van der Waals surface area contributed by atoms with Crippen LogP contribution in [-0.4, -0.2) is 20.3 Å². The van der Waals surface area contributed by atoms with Crippen molar-refractivity contribution in [2.75, 3.05) is 20.3 Å². The molecule has 1 rings (SSSR count). The van der Waals surface area contributed by atoms with Crippen molar-refractivity contribution in [3.63, 3.8) is 0 Å². The molecule has 0 saturated heterocycles. The molecule has 96 valence electrons. The van der Waals surface area contributed by atoms with E-state index in [1.807, 2.05) is 6.92 Å². The first kappa shape index (κ1) is 13.9. The molecule has 1 atom stereocenters. The van der Waals surface area contributed by atoms with Crippen molar-refractivity contribution in [2.45, 2.75) is 19.4 Å². The molecule has 4 nitrogen and oxygen atoms in total. The number of halogens is 1. The summed E-state index contributed by atoms with van der Waals surface area (Å²) in [5.74, 6) is 5.59. The van der Waals surface area contributed by atoms with Crippen LogP contribution in [0.25, 0.3) is 0 Å². The van der Waals surface area contributed by atoms with Gasteiger partial charge in [-0.1, -0.05) is 6.07 Å². The molecule has 0 heterocycles. The molecule has 1 aromatic rings. The highest BCUT2D eigenvalue weighted by Gasteiger charge is 2.14. The largest absolute Gasteiger partial charge is 0.497 e.